The summed E-state index contributed by atoms with van der Waals surface area (Å²) in [5.74, 6) is 0.443. The predicted octanol–water partition coefficient (Wildman–Crippen LogP) is 3.85. The van der Waals surface area contributed by atoms with Crippen molar-refractivity contribution in [3.63, 3.8) is 0 Å². The molecule has 4 aromatic rings. The molecule has 0 aliphatic carbocycles. The van der Waals surface area contributed by atoms with Gasteiger partial charge in [0, 0.05) is 35.8 Å². The van der Waals surface area contributed by atoms with Crippen LogP contribution in [0.1, 0.15) is 12.6 Å². The fourth-order valence-corrected chi connectivity index (χ4v) is 3.68. The van der Waals surface area contributed by atoms with Crippen molar-refractivity contribution < 1.29 is 4.39 Å². The van der Waals surface area contributed by atoms with Gasteiger partial charge in [0.05, 0.1) is 29.8 Å². The van der Waals surface area contributed by atoms with E-state index in [1.165, 1.54) is 12.1 Å². The number of aromatic nitrogens is 4. The highest BCUT2D eigenvalue weighted by Gasteiger charge is 2.23. The molecule has 0 bridgehead atoms. The first-order chi connectivity index (χ1) is 12.6. The lowest BCUT2D eigenvalue weighted by Gasteiger charge is -2.38. The second-order valence-electron chi connectivity index (χ2n) is 7.12. The average Bonchev–Trinajstić information content (AvgIpc) is 3.00. The number of nitrogens with zero attached hydrogens (tertiary/aromatic N) is 5. The molecule has 0 N–H and O–H groups in total. The molecule has 0 unspecified atom stereocenters. The van der Waals surface area contributed by atoms with Crippen molar-refractivity contribution in [2.24, 2.45) is 5.92 Å². The maximum absolute atomic E-state index is 13.6. The zero-order valence-electron chi connectivity index (χ0n) is 14.6. The van der Waals surface area contributed by atoms with Crippen LogP contribution in [-0.4, -0.2) is 32.7 Å². The summed E-state index contributed by atoms with van der Waals surface area (Å²) < 4.78 is 15.4. The number of hydrogen-bond donors (Lipinski definition) is 0. The number of aryl methyl sites for hydroxylation is 1. The monoisotopic (exact) mass is 347 g/mol. The molecule has 3 aromatic heterocycles. The molecule has 0 spiro atoms. The number of anilines is 1. The van der Waals surface area contributed by atoms with Crippen molar-refractivity contribution in [1.29, 1.82) is 0 Å². The average molecular weight is 347 g/mol. The standard InChI is InChI=1S/C20H18FN5/c1-12-9-25(10-12)15-7-22-20-18(8-23-26(20)11-15)17-5-13(2)24-19-6-14(21)3-4-16(17)19/h3-8,11-12H,9-10H2,1-2H3. The van der Waals surface area contributed by atoms with Crippen LogP contribution < -0.4 is 4.90 Å². The summed E-state index contributed by atoms with van der Waals surface area (Å²) in [6, 6.07) is 6.70. The van der Waals surface area contributed by atoms with E-state index in [1.807, 2.05) is 36.1 Å². The van der Waals surface area contributed by atoms with Crippen LogP contribution in [0.25, 0.3) is 27.7 Å². The first kappa shape index (κ1) is 15.3. The van der Waals surface area contributed by atoms with E-state index in [-0.39, 0.29) is 5.82 Å². The molecule has 1 saturated heterocycles. The molecular formula is C20H18FN5. The molecule has 26 heavy (non-hydrogen) atoms. The third kappa shape index (κ3) is 2.33. The summed E-state index contributed by atoms with van der Waals surface area (Å²) in [5.41, 5.74) is 5.26. The van der Waals surface area contributed by atoms with E-state index in [1.54, 1.807) is 6.07 Å². The first-order valence-corrected chi connectivity index (χ1v) is 8.74. The molecule has 1 aromatic carbocycles. The summed E-state index contributed by atoms with van der Waals surface area (Å²) in [5, 5.41) is 5.40. The molecule has 5 rings (SSSR count). The van der Waals surface area contributed by atoms with Crippen LogP contribution in [0.2, 0.25) is 0 Å². The first-order valence-electron chi connectivity index (χ1n) is 8.74. The van der Waals surface area contributed by atoms with E-state index < -0.39 is 0 Å². The van der Waals surface area contributed by atoms with E-state index in [2.05, 4.69) is 26.9 Å². The van der Waals surface area contributed by atoms with Gasteiger partial charge in [0.15, 0.2) is 5.65 Å². The quantitative estimate of drug-likeness (QED) is 0.553. The Hall–Kier alpha value is -3.02. The summed E-state index contributed by atoms with van der Waals surface area (Å²) in [6.07, 6.45) is 5.75. The smallest absolute Gasteiger partial charge is 0.162 e. The Morgan fingerprint density at radius 2 is 1.96 bits per heavy atom. The third-order valence-electron chi connectivity index (χ3n) is 4.96. The Bertz CT molecular complexity index is 1140. The fraction of sp³-hybridized carbons (Fsp3) is 0.250. The zero-order chi connectivity index (χ0) is 17.8. The highest BCUT2D eigenvalue weighted by Crippen LogP contribution is 2.32. The van der Waals surface area contributed by atoms with Crippen LogP contribution in [0.4, 0.5) is 10.1 Å². The van der Waals surface area contributed by atoms with Crippen LogP contribution in [0.5, 0.6) is 0 Å². The van der Waals surface area contributed by atoms with E-state index in [9.17, 15) is 4.39 Å². The summed E-state index contributed by atoms with van der Waals surface area (Å²) in [4.78, 5) is 11.4. The van der Waals surface area contributed by atoms with Gasteiger partial charge in [-0.2, -0.15) is 5.10 Å². The van der Waals surface area contributed by atoms with Crippen molar-refractivity contribution in [3.8, 4) is 11.1 Å². The predicted molar refractivity (Wildman–Crippen MR) is 99.8 cm³/mol. The molecule has 5 nitrogen and oxygen atoms in total. The van der Waals surface area contributed by atoms with Crippen LogP contribution in [-0.2, 0) is 0 Å². The lowest BCUT2D eigenvalue weighted by atomic mass is 10.0. The van der Waals surface area contributed by atoms with Gasteiger partial charge in [-0.3, -0.25) is 4.98 Å². The molecule has 6 heteroatoms. The highest BCUT2D eigenvalue weighted by atomic mass is 19.1. The lowest BCUT2D eigenvalue weighted by molar-refractivity contribution is 0.446. The van der Waals surface area contributed by atoms with Crippen LogP contribution in [0, 0.1) is 18.7 Å². The molecule has 1 aliphatic rings. The maximum atomic E-state index is 13.6. The Kier molecular flexibility index (Phi) is 3.22. The molecular weight excluding hydrogens is 329 g/mol. The van der Waals surface area contributed by atoms with Gasteiger partial charge in [0.1, 0.15) is 5.82 Å². The van der Waals surface area contributed by atoms with Crippen molar-refractivity contribution in [2.75, 3.05) is 18.0 Å². The third-order valence-corrected chi connectivity index (χ3v) is 4.96. The number of fused-ring (bicyclic) bond motifs is 2. The summed E-state index contributed by atoms with van der Waals surface area (Å²) in [7, 11) is 0. The van der Waals surface area contributed by atoms with Gasteiger partial charge in [-0.15, -0.1) is 0 Å². The minimum atomic E-state index is -0.284. The largest absolute Gasteiger partial charge is 0.368 e. The number of hydrogen-bond acceptors (Lipinski definition) is 4. The maximum Gasteiger partial charge on any atom is 0.162 e. The molecule has 4 heterocycles. The molecule has 0 atom stereocenters. The molecule has 0 amide bonds. The minimum absolute atomic E-state index is 0.284. The van der Waals surface area contributed by atoms with Crippen LogP contribution in [0.15, 0.2) is 42.9 Å². The van der Waals surface area contributed by atoms with Gasteiger partial charge in [-0.25, -0.2) is 13.9 Å². The fourth-order valence-electron chi connectivity index (χ4n) is 3.68. The minimum Gasteiger partial charge on any atom is -0.368 e. The normalized spacial score (nSPS) is 15.0. The number of benzene rings is 1. The van der Waals surface area contributed by atoms with Gasteiger partial charge < -0.3 is 4.90 Å². The molecule has 1 aliphatic heterocycles. The van der Waals surface area contributed by atoms with Gasteiger partial charge in [-0.1, -0.05) is 6.92 Å². The number of pyridine rings is 1. The summed E-state index contributed by atoms with van der Waals surface area (Å²) >= 11 is 0. The van der Waals surface area contributed by atoms with Crippen LogP contribution >= 0.6 is 0 Å². The number of rotatable bonds is 2. The summed E-state index contributed by atoms with van der Waals surface area (Å²) in [6.45, 7) is 6.27. The van der Waals surface area contributed by atoms with Gasteiger partial charge in [-0.05, 0) is 36.6 Å². The zero-order valence-corrected chi connectivity index (χ0v) is 14.6. The van der Waals surface area contributed by atoms with Gasteiger partial charge in [0.25, 0.3) is 0 Å². The van der Waals surface area contributed by atoms with E-state index in [4.69, 9.17) is 0 Å². The Morgan fingerprint density at radius 1 is 1.12 bits per heavy atom. The second kappa shape index (κ2) is 5.49. The Morgan fingerprint density at radius 3 is 2.77 bits per heavy atom. The topological polar surface area (TPSA) is 46.3 Å². The van der Waals surface area contributed by atoms with Crippen LogP contribution in [0.3, 0.4) is 0 Å². The molecule has 130 valence electrons. The van der Waals surface area contributed by atoms with Crippen molar-refractivity contribution in [2.45, 2.75) is 13.8 Å². The molecule has 0 saturated carbocycles. The van der Waals surface area contributed by atoms with Gasteiger partial charge in [0.2, 0.25) is 0 Å². The molecule has 1 fully saturated rings. The highest BCUT2D eigenvalue weighted by molar-refractivity contribution is 5.98. The van der Waals surface area contributed by atoms with Crippen molar-refractivity contribution in [3.05, 3.63) is 54.4 Å². The van der Waals surface area contributed by atoms with Gasteiger partial charge >= 0.3 is 0 Å². The van der Waals surface area contributed by atoms with Crippen molar-refractivity contribution in [1.82, 2.24) is 19.6 Å². The van der Waals surface area contributed by atoms with E-state index >= 15 is 0 Å². The SMILES string of the molecule is Cc1cc(-c2cnn3cc(N4CC(C)C4)cnc23)c2ccc(F)cc2n1. The van der Waals surface area contributed by atoms with Crippen molar-refractivity contribution >= 4 is 22.2 Å². The van der Waals surface area contributed by atoms with E-state index in [0.717, 1.165) is 52.5 Å². The van der Waals surface area contributed by atoms with E-state index in [0.29, 0.717) is 5.52 Å². The lowest BCUT2D eigenvalue weighted by Crippen LogP contribution is -2.45. The Labute approximate surface area is 150 Å². The Balaban J connectivity index is 1.66. The molecule has 0 radical (unpaired) electrons. The number of halogens is 1. The second-order valence-corrected chi connectivity index (χ2v) is 7.12.